The van der Waals surface area contributed by atoms with Gasteiger partial charge in [0.25, 0.3) is 5.69 Å². The average molecular weight is 494 g/mol. The molecular weight excluding hydrogens is 462 g/mol. The molecule has 0 spiro atoms. The number of methoxy groups -OCH3 is 1. The zero-order valence-electron chi connectivity index (χ0n) is 20.8. The number of ether oxygens (including phenoxy) is 1. The van der Waals surface area contributed by atoms with Crippen molar-refractivity contribution in [2.75, 3.05) is 14.2 Å². The molecule has 190 valence electrons. The molecule has 0 aliphatic heterocycles. The molecule has 1 N–H and O–H groups in total. The standard InChI is InChI=1S/C27H31N3O6/c1-27-11-10-18-19-14-25(34-2)24(31)13-21(19)23(12-20(18)22(27)8-9-26(27)29-35-3)28-36-15-16-4-6-17(7-5-16)30(32)33/h4-7,13-14,18,20,22,31H,8-12,15H2,1-3H3/b28-23+,29-26-/t18-,20-,22+,27+/m1/s1. The number of phenols is 1. The predicted molar refractivity (Wildman–Crippen MR) is 134 cm³/mol. The summed E-state index contributed by atoms with van der Waals surface area (Å²) in [7, 11) is 3.17. The van der Waals surface area contributed by atoms with E-state index in [9.17, 15) is 15.2 Å². The Morgan fingerprint density at radius 1 is 1.17 bits per heavy atom. The number of nitro benzene ring substituents is 1. The van der Waals surface area contributed by atoms with Gasteiger partial charge in [-0.05, 0) is 85.3 Å². The zero-order valence-corrected chi connectivity index (χ0v) is 20.8. The van der Waals surface area contributed by atoms with E-state index in [1.807, 2.05) is 6.07 Å². The molecule has 0 radical (unpaired) electrons. The van der Waals surface area contributed by atoms with Gasteiger partial charge in [-0.3, -0.25) is 10.1 Å². The Morgan fingerprint density at radius 2 is 1.94 bits per heavy atom. The van der Waals surface area contributed by atoms with Gasteiger partial charge in [0.15, 0.2) is 11.5 Å². The highest BCUT2D eigenvalue weighted by molar-refractivity contribution is 6.04. The van der Waals surface area contributed by atoms with E-state index in [0.717, 1.165) is 60.2 Å². The van der Waals surface area contributed by atoms with Crippen LogP contribution in [0.15, 0.2) is 46.7 Å². The fourth-order valence-corrected chi connectivity index (χ4v) is 6.63. The fourth-order valence-electron chi connectivity index (χ4n) is 6.63. The maximum Gasteiger partial charge on any atom is 0.269 e. The third-order valence-electron chi connectivity index (χ3n) is 8.42. The molecule has 36 heavy (non-hydrogen) atoms. The molecule has 5 rings (SSSR count). The average Bonchev–Trinajstić information content (AvgIpc) is 3.20. The molecule has 0 unspecified atom stereocenters. The maximum absolute atomic E-state index is 10.9. The molecule has 2 saturated carbocycles. The van der Waals surface area contributed by atoms with E-state index in [4.69, 9.17) is 14.4 Å². The SMILES string of the molecule is CO/N=C1/CC[C@H]2[C@@H]3C/C(=N\OCc4ccc([N+](=O)[O-])cc4)c4cc(O)c(OC)cc4[C@H]3CC[C@]12C. The van der Waals surface area contributed by atoms with E-state index in [1.165, 1.54) is 12.1 Å². The van der Waals surface area contributed by atoms with Crippen molar-refractivity contribution in [1.82, 2.24) is 0 Å². The summed E-state index contributed by atoms with van der Waals surface area (Å²) in [6, 6.07) is 9.94. The molecule has 0 amide bonds. The Morgan fingerprint density at radius 3 is 2.64 bits per heavy atom. The minimum Gasteiger partial charge on any atom is -0.504 e. The largest absolute Gasteiger partial charge is 0.504 e. The van der Waals surface area contributed by atoms with Crippen LogP contribution in [0, 0.1) is 27.4 Å². The van der Waals surface area contributed by atoms with Crippen LogP contribution in [-0.2, 0) is 16.3 Å². The smallest absolute Gasteiger partial charge is 0.269 e. The summed E-state index contributed by atoms with van der Waals surface area (Å²) in [5.41, 5.74) is 4.81. The summed E-state index contributed by atoms with van der Waals surface area (Å²) in [5.74, 6) is 1.67. The number of benzene rings is 2. The van der Waals surface area contributed by atoms with Gasteiger partial charge in [0.1, 0.15) is 13.7 Å². The molecule has 3 aliphatic carbocycles. The molecule has 2 aromatic rings. The molecule has 0 bridgehead atoms. The number of hydrogen-bond donors (Lipinski definition) is 1. The molecule has 2 fully saturated rings. The topological polar surface area (TPSA) is 116 Å². The number of hydrogen-bond acceptors (Lipinski definition) is 8. The van der Waals surface area contributed by atoms with E-state index in [1.54, 1.807) is 32.4 Å². The van der Waals surface area contributed by atoms with Gasteiger partial charge in [-0.15, -0.1) is 0 Å². The lowest BCUT2D eigenvalue weighted by Gasteiger charge is -2.49. The summed E-state index contributed by atoms with van der Waals surface area (Å²) in [5, 5.41) is 30.4. The van der Waals surface area contributed by atoms with E-state index in [2.05, 4.69) is 17.2 Å². The number of non-ortho nitro benzene ring substituents is 1. The Balaban J connectivity index is 1.46. The number of fused-ring (bicyclic) bond motifs is 5. The first-order valence-electron chi connectivity index (χ1n) is 12.3. The highest BCUT2D eigenvalue weighted by Gasteiger charge is 2.54. The van der Waals surface area contributed by atoms with E-state index in [0.29, 0.717) is 23.5 Å². The molecule has 2 aromatic carbocycles. The van der Waals surface area contributed by atoms with Gasteiger partial charge < -0.3 is 19.5 Å². The van der Waals surface area contributed by atoms with Crippen LogP contribution in [0.5, 0.6) is 11.5 Å². The second-order valence-electron chi connectivity index (χ2n) is 10.1. The lowest BCUT2D eigenvalue weighted by molar-refractivity contribution is -0.384. The van der Waals surface area contributed by atoms with Gasteiger partial charge in [-0.25, -0.2) is 0 Å². The van der Waals surface area contributed by atoms with Crippen molar-refractivity contribution in [3.8, 4) is 11.5 Å². The molecule has 9 nitrogen and oxygen atoms in total. The number of nitrogens with zero attached hydrogens (tertiary/aromatic N) is 3. The molecule has 0 saturated heterocycles. The van der Waals surface area contributed by atoms with Crippen LogP contribution < -0.4 is 4.74 Å². The number of phenolic OH excluding ortho intramolecular Hbond substituents is 1. The minimum absolute atomic E-state index is 0.000405. The van der Waals surface area contributed by atoms with E-state index < -0.39 is 4.92 Å². The second kappa shape index (κ2) is 9.44. The minimum atomic E-state index is -0.426. The Kier molecular flexibility index (Phi) is 6.32. The second-order valence-corrected chi connectivity index (χ2v) is 10.1. The predicted octanol–water partition coefficient (Wildman–Crippen LogP) is 5.55. The molecule has 3 aliphatic rings. The van der Waals surface area contributed by atoms with Crippen LogP contribution in [-0.4, -0.2) is 35.7 Å². The van der Waals surface area contributed by atoms with Gasteiger partial charge in [0.2, 0.25) is 0 Å². The summed E-state index contributed by atoms with van der Waals surface area (Å²) in [4.78, 5) is 21.4. The third kappa shape index (κ3) is 4.06. The number of oxime groups is 2. The molecule has 0 aromatic heterocycles. The van der Waals surface area contributed by atoms with Gasteiger partial charge >= 0.3 is 0 Å². The van der Waals surface area contributed by atoms with Gasteiger partial charge in [-0.2, -0.15) is 0 Å². The van der Waals surface area contributed by atoms with Crippen molar-refractivity contribution in [3.05, 3.63) is 63.2 Å². The third-order valence-corrected chi connectivity index (χ3v) is 8.42. The quantitative estimate of drug-likeness (QED) is 0.417. The van der Waals surface area contributed by atoms with Gasteiger partial charge in [0, 0.05) is 23.1 Å². The monoisotopic (exact) mass is 493 g/mol. The molecular formula is C27H31N3O6. The first kappa shape index (κ1) is 24.1. The van der Waals surface area contributed by atoms with Crippen molar-refractivity contribution in [2.24, 2.45) is 27.6 Å². The van der Waals surface area contributed by atoms with Crippen LogP contribution >= 0.6 is 0 Å². The summed E-state index contributed by atoms with van der Waals surface area (Å²) < 4.78 is 5.44. The lowest BCUT2D eigenvalue weighted by atomic mass is 9.55. The molecule has 4 atom stereocenters. The van der Waals surface area contributed by atoms with Crippen molar-refractivity contribution in [3.63, 3.8) is 0 Å². The van der Waals surface area contributed by atoms with E-state index in [-0.39, 0.29) is 23.5 Å². The van der Waals surface area contributed by atoms with Crippen LogP contribution in [0.2, 0.25) is 0 Å². The van der Waals surface area contributed by atoms with Crippen LogP contribution in [0.3, 0.4) is 0 Å². The van der Waals surface area contributed by atoms with E-state index >= 15 is 0 Å². The van der Waals surface area contributed by atoms with Crippen LogP contribution in [0.25, 0.3) is 0 Å². The molecule has 9 heteroatoms. The maximum atomic E-state index is 10.9. The highest BCUT2D eigenvalue weighted by atomic mass is 16.6. The van der Waals surface area contributed by atoms with Crippen molar-refractivity contribution in [2.45, 2.75) is 51.6 Å². The normalized spacial score (nSPS) is 28.8. The summed E-state index contributed by atoms with van der Waals surface area (Å²) >= 11 is 0. The Hall–Kier alpha value is -3.62. The van der Waals surface area contributed by atoms with Crippen molar-refractivity contribution >= 4 is 17.1 Å². The summed E-state index contributed by atoms with van der Waals surface area (Å²) in [6.07, 6.45) is 4.78. The molecule has 0 heterocycles. The fraction of sp³-hybridized carbons (Fsp3) is 0.481. The lowest BCUT2D eigenvalue weighted by Crippen LogP contribution is -2.43. The number of nitro groups is 1. The van der Waals surface area contributed by atoms with Gasteiger partial charge in [0.05, 0.1) is 23.5 Å². The summed E-state index contributed by atoms with van der Waals surface area (Å²) in [6.45, 7) is 2.51. The van der Waals surface area contributed by atoms with Crippen molar-refractivity contribution in [1.29, 1.82) is 0 Å². The van der Waals surface area contributed by atoms with Crippen LogP contribution in [0.4, 0.5) is 5.69 Å². The van der Waals surface area contributed by atoms with Crippen molar-refractivity contribution < 1.29 is 24.4 Å². The van der Waals surface area contributed by atoms with Crippen LogP contribution in [0.1, 0.15) is 61.6 Å². The Labute approximate surface area is 209 Å². The highest BCUT2D eigenvalue weighted by Crippen LogP contribution is 2.60. The first-order chi connectivity index (χ1) is 17.4. The number of aromatic hydroxyl groups is 1. The Bertz CT molecular complexity index is 1220. The zero-order chi connectivity index (χ0) is 25.4. The van der Waals surface area contributed by atoms with Gasteiger partial charge in [-0.1, -0.05) is 17.2 Å². The number of rotatable bonds is 6. The first-order valence-corrected chi connectivity index (χ1v) is 12.3.